The summed E-state index contributed by atoms with van der Waals surface area (Å²) in [6.07, 6.45) is 7.75. The van der Waals surface area contributed by atoms with Crippen molar-refractivity contribution in [2.75, 3.05) is 12.4 Å². The lowest BCUT2D eigenvalue weighted by atomic mass is 9.94. The maximum Gasteiger partial charge on any atom is 0.267 e. The Bertz CT molecular complexity index is 823. The Labute approximate surface area is 171 Å². The number of nitrogens with zero attached hydrogens (tertiary/aromatic N) is 2. The van der Waals surface area contributed by atoms with Crippen LogP contribution in [0, 0.1) is 6.92 Å². The molecule has 0 radical (unpaired) electrons. The molecule has 2 aromatic rings. The average molecular weight is 400 g/mol. The molecule has 1 aliphatic carbocycles. The normalized spacial score (nSPS) is 14.7. The van der Waals surface area contributed by atoms with E-state index in [9.17, 15) is 9.59 Å². The first-order chi connectivity index (χ1) is 13.5. The summed E-state index contributed by atoms with van der Waals surface area (Å²) < 4.78 is 0. The van der Waals surface area contributed by atoms with Crippen LogP contribution in [0.25, 0.3) is 0 Å². The fourth-order valence-corrected chi connectivity index (χ4v) is 4.77. The number of carbonyl (C=O) groups is 2. The monoisotopic (exact) mass is 399 g/mol. The first-order valence-corrected chi connectivity index (χ1v) is 11.0. The van der Waals surface area contributed by atoms with Gasteiger partial charge in [-0.3, -0.25) is 9.59 Å². The number of thiazole rings is 1. The molecule has 0 spiro atoms. The lowest BCUT2D eigenvalue weighted by Gasteiger charge is -2.31. The van der Waals surface area contributed by atoms with E-state index in [4.69, 9.17) is 0 Å². The molecule has 1 N–H and O–H groups in total. The molecule has 1 aromatic heterocycles. The van der Waals surface area contributed by atoms with Crippen molar-refractivity contribution < 1.29 is 9.59 Å². The molecule has 0 bridgehead atoms. The predicted octanol–water partition coefficient (Wildman–Crippen LogP) is 5.06. The summed E-state index contributed by atoms with van der Waals surface area (Å²) in [5.41, 5.74) is 2.11. The summed E-state index contributed by atoms with van der Waals surface area (Å²) in [6, 6.07) is 7.51. The van der Waals surface area contributed by atoms with E-state index in [-0.39, 0.29) is 11.8 Å². The highest BCUT2D eigenvalue weighted by molar-refractivity contribution is 7.13. The van der Waals surface area contributed by atoms with Gasteiger partial charge < -0.3 is 10.2 Å². The lowest BCUT2D eigenvalue weighted by Crippen LogP contribution is -2.38. The maximum atomic E-state index is 12.7. The van der Waals surface area contributed by atoms with Crippen LogP contribution in [-0.4, -0.2) is 34.8 Å². The van der Waals surface area contributed by atoms with Crippen LogP contribution in [0.4, 0.5) is 5.69 Å². The van der Waals surface area contributed by atoms with E-state index in [0.29, 0.717) is 22.2 Å². The van der Waals surface area contributed by atoms with Crippen molar-refractivity contribution in [2.24, 2.45) is 0 Å². The Kier molecular flexibility index (Phi) is 6.83. The highest BCUT2D eigenvalue weighted by Crippen LogP contribution is 2.24. The van der Waals surface area contributed by atoms with Gasteiger partial charge in [-0.05, 0) is 56.9 Å². The van der Waals surface area contributed by atoms with Crippen LogP contribution < -0.4 is 5.32 Å². The van der Waals surface area contributed by atoms with E-state index in [1.54, 1.807) is 24.3 Å². The summed E-state index contributed by atoms with van der Waals surface area (Å²) >= 11 is 1.46. The Balaban J connectivity index is 1.63. The standard InChI is InChI=1S/C22H29N3O2S/c1-4-8-19-23-15(2)20(28-19)21(26)24-17-13-11-16(12-14-17)22(27)25(3)18-9-6-5-7-10-18/h11-14,18H,4-10H2,1-3H3,(H,24,26). The van der Waals surface area contributed by atoms with Gasteiger partial charge in [-0.2, -0.15) is 0 Å². The van der Waals surface area contributed by atoms with Crippen LogP contribution >= 0.6 is 11.3 Å². The molecule has 0 aliphatic heterocycles. The van der Waals surface area contributed by atoms with Crippen molar-refractivity contribution >= 4 is 28.8 Å². The van der Waals surface area contributed by atoms with Gasteiger partial charge in [0.1, 0.15) is 4.88 Å². The minimum absolute atomic E-state index is 0.0484. The number of rotatable bonds is 6. The molecule has 6 heteroatoms. The molecule has 0 atom stereocenters. The summed E-state index contributed by atoms with van der Waals surface area (Å²) in [6.45, 7) is 3.97. The molecule has 28 heavy (non-hydrogen) atoms. The maximum absolute atomic E-state index is 12.7. The third kappa shape index (κ3) is 4.79. The highest BCUT2D eigenvalue weighted by atomic mass is 32.1. The molecule has 2 amide bonds. The Hall–Kier alpha value is -2.21. The van der Waals surface area contributed by atoms with Crippen LogP contribution in [0.3, 0.4) is 0 Å². The van der Waals surface area contributed by atoms with Crippen LogP contribution in [0.1, 0.15) is 76.2 Å². The van der Waals surface area contributed by atoms with Crippen molar-refractivity contribution in [3.05, 3.63) is 45.4 Å². The number of hydrogen-bond acceptors (Lipinski definition) is 4. The van der Waals surface area contributed by atoms with Gasteiger partial charge >= 0.3 is 0 Å². The molecule has 1 aromatic carbocycles. The summed E-state index contributed by atoms with van der Waals surface area (Å²) in [4.78, 5) is 32.3. The quantitative estimate of drug-likeness (QED) is 0.738. The Morgan fingerprint density at radius 3 is 2.50 bits per heavy atom. The van der Waals surface area contributed by atoms with Gasteiger partial charge in [-0.1, -0.05) is 26.2 Å². The third-order valence-corrected chi connectivity index (χ3v) is 6.56. The molecule has 150 valence electrons. The molecule has 1 fully saturated rings. The molecule has 5 nitrogen and oxygen atoms in total. The van der Waals surface area contributed by atoms with Gasteiger partial charge in [0, 0.05) is 24.3 Å². The molecular weight excluding hydrogens is 370 g/mol. The SMILES string of the molecule is CCCc1nc(C)c(C(=O)Nc2ccc(C(=O)N(C)C3CCCCC3)cc2)s1. The average Bonchev–Trinajstić information content (AvgIpc) is 3.09. The Morgan fingerprint density at radius 2 is 1.86 bits per heavy atom. The van der Waals surface area contributed by atoms with Crippen molar-refractivity contribution in [3.8, 4) is 0 Å². The zero-order chi connectivity index (χ0) is 20.1. The van der Waals surface area contributed by atoms with E-state index < -0.39 is 0 Å². The molecule has 1 heterocycles. The molecule has 3 rings (SSSR count). The van der Waals surface area contributed by atoms with Crippen LogP contribution in [0.2, 0.25) is 0 Å². The van der Waals surface area contributed by atoms with Gasteiger partial charge in [-0.15, -0.1) is 11.3 Å². The number of anilines is 1. The second-order valence-electron chi connectivity index (χ2n) is 7.51. The summed E-state index contributed by atoms with van der Waals surface area (Å²) in [7, 11) is 1.90. The second kappa shape index (κ2) is 9.32. The molecular formula is C22H29N3O2S. The van der Waals surface area contributed by atoms with E-state index >= 15 is 0 Å². The number of nitrogens with one attached hydrogen (secondary N) is 1. The predicted molar refractivity (Wildman–Crippen MR) is 114 cm³/mol. The fourth-order valence-electron chi connectivity index (χ4n) is 3.71. The van der Waals surface area contributed by atoms with Crippen molar-refractivity contribution in [3.63, 3.8) is 0 Å². The number of aromatic nitrogens is 1. The van der Waals surface area contributed by atoms with E-state index in [0.717, 1.165) is 36.4 Å². The molecule has 0 unspecified atom stereocenters. The van der Waals surface area contributed by atoms with Crippen molar-refractivity contribution in [1.29, 1.82) is 0 Å². The van der Waals surface area contributed by atoms with Crippen LogP contribution in [0.15, 0.2) is 24.3 Å². The highest BCUT2D eigenvalue weighted by Gasteiger charge is 2.23. The molecule has 0 saturated heterocycles. The second-order valence-corrected chi connectivity index (χ2v) is 8.60. The van der Waals surface area contributed by atoms with Crippen molar-refractivity contribution in [2.45, 2.75) is 64.8 Å². The molecule has 1 saturated carbocycles. The number of benzene rings is 1. The number of carbonyl (C=O) groups excluding carboxylic acids is 2. The minimum atomic E-state index is -0.143. The minimum Gasteiger partial charge on any atom is -0.339 e. The number of hydrogen-bond donors (Lipinski definition) is 1. The van der Waals surface area contributed by atoms with E-state index in [1.807, 2.05) is 18.9 Å². The van der Waals surface area contributed by atoms with Crippen LogP contribution in [-0.2, 0) is 6.42 Å². The van der Waals surface area contributed by atoms with Crippen LogP contribution in [0.5, 0.6) is 0 Å². The van der Waals surface area contributed by atoms with Gasteiger partial charge in [0.05, 0.1) is 10.7 Å². The van der Waals surface area contributed by atoms with E-state index in [1.165, 1.54) is 30.6 Å². The van der Waals surface area contributed by atoms with Crippen molar-refractivity contribution in [1.82, 2.24) is 9.88 Å². The summed E-state index contributed by atoms with van der Waals surface area (Å²) in [5, 5.41) is 3.92. The first kappa shape index (κ1) is 20.5. The van der Waals surface area contributed by atoms with Gasteiger partial charge in [-0.25, -0.2) is 4.98 Å². The topological polar surface area (TPSA) is 62.3 Å². The zero-order valence-corrected chi connectivity index (χ0v) is 17.8. The first-order valence-electron chi connectivity index (χ1n) is 10.1. The largest absolute Gasteiger partial charge is 0.339 e. The zero-order valence-electron chi connectivity index (χ0n) is 17.0. The summed E-state index contributed by atoms with van der Waals surface area (Å²) in [5.74, 6) is -0.0944. The number of aryl methyl sites for hydroxylation is 2. The smallest absolute Gasteiger partial charge is 0.267 e. The van der Waals surface area contributed by atoms with Gasteiger partial charge in [0.15, 0.2) is 0 Å². The Morgan fingerprint density at radius 1 is 1.18 bits per heavy atom. The molecule has 1 aliphatic rings. The van der Waals surface area contributed by atoms with Gasteiger partial charge in [0.25, 0.3) is 11.8 Å². The van der Waals surface area contributed by atoms with E-state index in [2.05, 4.69) is 17.2 Å². The number of amides is 2. The van der Waals surface area contributed by atoms with Gasteiger partial charge in [0.2, 0.25) is 0 Å². The lowest BCUT2D eigenvalue weighted by molar-refractivity contribution is 0.0696. The third-order valence-electron chi connectivity index (χ3n) is 5.34. The fraction of sp³-hybridized carbons (Fsp3) is 0.500.